The van der Waals surface area contributed by atoms with E-state index in [1.165, 1.54) is 19.5 Å². The number of piperidine rings is 1. The van der Waals surface area contributed by atoms with Crippen molar-refractivity contribution >= 4 is 5.95 Å². The van der Waals surface area contributed by atoms with Gasteiger partial charge in [-0.1, -0.05) is 0 Å². The Balaban J connectivity index is 1.64. The topological polar surface area (TPSA) is 50.3 Å². The molecule has 2 aliphatic heterocycles. The van der Waals surface area contributed by atoms with Gasteiger partial charge in [0.05, 0.1) is 5.69 Å². The molecule has 1 aromatic heterocycles. The molecule has 0 aromatic carbocycles. The summed E-state index contributed by atoms with van der Waals surface area (Å²) in [6.45, 7) is 9.84. The van der Waals surface area contributed by atoms with E-state index in [9.17, 15) is 0 Å². The molecule has 0 amide bonds. The van der Waals surface area contributed by atoms with Gasteiger partial charge in [-0.25, -0.2) is 4.98 Å². The third-order valence-corrected chi connectivity index (χ3v) is 4.75. The van der Waals surface area contributed by atoms with E-state index in [4.69, 9.17) is 10.7 Å². The second-order valence-electron chi connectivity index (χ2n) is 6.23. The molecule has 1 unspecified atom stereocenters. The van der Waals surface area contributed by atoms with Crippen LogP contribution in [0.15, 0.2) is 6.20 Å². The Hall–Kier alpha value is -1.07. The molecule has 1 atom stereocenters. The van der Waals surface area contributed by atoms with Crippen molar-refractivity contribution in [2.75, 3.05) is 31.1 Å². The van der Waals surface area contributed by atoms with E-state index >= 15 is 0 Å². The predicted octanol–water partition coefficient (Wildman–Crippen LogP) is 1.21. The van der Waals surface area contributed by atoms with E-state index in [2.05, 4.69) is 34.4 Å². The fourth-order valence-electron chi connectivity index (χ4n) is 3.53. The molecule has 0 radical (unpaired) electrons. The maximum atomic E-state index is 6.00. The van der Waals surface area contributed by atoms with Crippen molar-refractivity contribution in [3.05, 3.63) is 11.9 Å². The third-order valence-electron chi connectivity index (χ3n) is 4.75. The smallest absolute Gasteiger partial charge is 0.205 e. The number of aryl methyl sites for hydroxylation is 2. The van der Waals surface area contributed by atoms with Crippen LogP contribution in [-0.4, -0.2) is 52.7 Å². The summed E-state index contributed by atoms with van der Waals surface area (Å²) >= 11 is 0. The van der Waals surface area contributed by atoms with Crippen LogP contribution in [0.4, 0.5) is 5.95 Å². The van der Waals surface area contributed by atoms with Crippen LogP contribution in [-0.2, 0) is 6.54 Å². The van der Waals surface area contributed by atoms with Crippen molar-refractivity contribution in [1.82, 2.24) is 14.5 Å². The van der Waals surface area contributed by atoms with Gasteiger partial charge in [0, 0.05) is 37.9 Å². The quantitative estimate of drug-likeness (QED) is 0.902. The van der Waals surface area contributed by atoms with Crippen LogP contribution in [0.5, 0.6) is 0 Å². The lowest BCUT2D eigenvalue weighted by Gasteiger charge is -2.34. The standard InChI is InChI=1S/C15H27N5/c1-3-18-10-12(2)17-15(18)20-9-6-14(11-20)19-7-4-13(16)5-8-19/h10,13-14H,3-9,11,16H2,1-2H3. The molecule has 3 heterocycles. The molecule has 5 heteroatoms. The van der Waals surface area contributed by atoms with Crippen molar-refractivity contribution in [2.24, 2.45) is 5.73 Å². The lowest BCUT2D eigenvalue weighted by molar-refractivity contribution is 0.163. The van der Waals surface area contributed by atoms with Crippen LogP contribution in [0.25, 0.3) is 0 Å². The number of hydrogen-bond acceptors (Lipinski definition) is 4. The Morgan fingerprint density at radius 3 is 2.70 bits per heavy atom. The summed E-state index contributed by atoms with van der Waals surface area (Å²) in [7, 11) is 0. The van der Waals surface area contributed by atoms with Gasteiger partial charge in [0.1, 0.15) is 0 Å². The first-order valence-corrected chi connectivity index (χ1v) is 7.95. The second-order valence-corrected chi connectivity index (χ2v) is 6.23. The molecule has 2 saturated heterocycles. The SMILES string of the molecule is CCn1cc(C)nc1N1CCC(N2CCC(N)CC2)C1. The van der Waals surface area contributed by atoms with E-state index in [0.717, 1.165) is 44.1 Å². The minimum Gasteiger partial charge on any atom is -0.341 e. The van der Waals surface area contributed by atoms with Crippen LogP contribution in [0, 0.1) is 6.92 Å². The van der Waals surface area contributed by atoms with E-state index in [1.807, 2.05) is 0 Å². The molecule has 5 nitrogen and oxygen atoms in total. The van der Waals surface area contributed by atoms with E-state index in [1.54, 1.807) is 0 Å². The highest BCUT2D eigenvalue weighted by molar-refractivity contribution is 5.35. The van der Waals surface area contributed by atoms with Crippen molar-refractivity contribution < 1.29 is 0 Å². The van der Waals surface area contributed by atoms with Gasteiger partial charge in [-0.15, -0.1) is 0 Å². The number of hydrogen-bond donors (Lipinski definition) is 1. The molecular weight excluding hydrogens is 250 g/mol. The lowest BCUT2D eigenvalue weighted by Crippen LogP contribution is -2.46. The zero-order valence-electron chi connectivity index (χ0n) is 12.8. The molecule has 2 N–H and O–H groups in total. The number of rotatable bonds is 3. The number of likely N-dealkylation sites (tertiary alicyclic amines) is 1. The number of nitrogens with two attached hydrogens (primary N) is 1. The van der Waals surface area contributed by atoms with Gasteiger partial charge in [0.15, 0.2) is 0 Å². The van der Waals surface area contributed by atoms with Crippen LogP contribution in [0.1, 0.15) is 31.9 Å². The zero-order chi connectivity index (χ0) is 14.1. The van der Waals surface area contributed by atoms with Gasteiger partial charge in [-0.2, -0.15) is 0 Å². The average Bonchev–Trinajstić information content (AvgIpc) is 3.05. The largest absolute Gasteiger partial charge is 0.341 e. The van der Waals surface area contributed by atoms with E-state index in [-0.39, 0.29) is 0 Å². The lowest BCUT2D eigenvalue weighted by atomic mass is 10.0. The summed E-state index contributed by atoms with van der Waals surface area (Å²) in [6.07, 6.45) is 5.71. The second kappa shape index (κ2) is 5.74. The number of imidazole rings is 1. The highest BCUT2D eigenvalue weighted by Crippen LogP contribution is 2.24. The van der Waals surface area contributed by atoms with Crippen molar-refractivity contribution in [1.29, 1.82) is 0 Å². The van der Waals surface area contributed by atoms with Crippen molar-refractivity contribution in [3.63, 3.8) is 0 Å². The number of nitrogens with zero attached hydrogens (tertiary/aromatic N) is 4. The average molecular weight is 277 g/mol. The summed E-state index contributed by atoms with van der Waals surface area (Å²) in [4.78, 5) is 9.79. The third kappa shape index (κ3) is 2.69. The molecular formula is C15H27N5. The Kier molecular flexibility index (Phi) is 3.98. The molecule has 2 fully saturated rings. The first-order chi connectivity index (χ1) is 9.67. The van der Waals surface area contributed by atoms with Gasteiger partial charge in [-0.3, -0.25) is 4.90 Å². The fourth-order valence-corrected chi connectivity index (χ4v) is 3.53. The minimum atomic E-state index is 0.422. The normalized spacial score (nSPS) is 25.6. The van der Waals surface area contributed by atoms with Crippen LogP contribution in [0.2, 0.25) is 0 Å². The molecule has 0 saturated carbocycles. The Morgan fingerprint density at radius 2 is 2.00 bits per heavy atom. The minimum absolute atomic E-state index is 0.422. The molecule has 20 heavy (non-hydrogen) atoms. The van der Waals surface area contributed by atoms with Crippen molar-refractivity contribution in [2.45, 2.75) is 51.7 Å². The number of anilines is 1. The molecule has 2 aliphatic rings. The van der Waals surface area contributed by atoms with Gasteiger partial charge in [0.2, 0.25) is 5.95 Å². The highest BCUT2D eigenvalue weighted by Gasteiger charge is 2.31. The van der Waals surface area contributed by atoms with Gasteiger partial charge in [0.25, 0.3) is 0 Å². The maximum absolute atomic E-state index is 6.00. The van der Waals surface area contributed by atoms with Crippen LogP contribution >= 0.6 is 0 Å². The molecule has 3 rings (SSSR count). The molecule has 0 spiro atoms. The monoisotopic (exact) mass is 277 g/mol. The first-order valence-electron chi connectivity index (χ1n) is 7.95. The van der Waals surface area contributed by atoms with Crippen molar-refractivity contribution in [3.8, 4) is 0 Å². The van der Waals surface area contributed by atoms with Gasteiger partial charge < -0.3 is 15.2 Å². The summed E-state index contributed by atoms with van der Waals surface area (Å²) in [5.41, 5.74) is 7.12. The molecule has 112 valence electrons. The zero-order valence-corrected chi connectivity index (χ0v) is 12.8. The van der Waals surface area contributed by atoms with Crippen LogP contribution < -0.4 is 10.6 Å². The van der Waals surface area contributed by atoms with E-state index in [0.29, 0.717) is 12.1 Å². The van der Waals surface area contributed by atoms with Crippen LogP contribution in [0.3, 0.4) is 0 Å². The summed E-state index contributed by atoms with van der Waals surface area (Å²) in [6, 6.07) is 1.11. The first kappa shape index (κ1) is 13.9. The Morgan fingerprint density at radius 1 is 1.25 bits per heavy atom. The molecule has 0 bridgehead atoms. The van der Waals surface area contributed by atoms with Gasteiger partial charge in [-0.05, 0) is 46.2 Å². The maximum Gasteiger partial charge on any atom is 0.205 e. The Labute approximate surface area is 121 Å². The summed E-state index contributed by atoms with van der Waals surface area (Å²) in [5.74, 6) is 1.15. The van der Waals surface area contributed by atoms with E-state index < -0.39 is 0 Å². The molecule has 0 aliphatic carbocycles. The molecule has 1 aromatic rings. The summed E-state index contributed by atoms with van der Waals surface area (Å²) in [5, 5.41) is 0. The Bertz CT molecular complexity index is 447. The number of aromatic nitrogens is 2. The van der Waals surface area contributed by atoms with Gasteiger partial charge >= 0.3 is 0 Å². The predicted molar refractivity (Wildman–Crippen MR) is 82.0 cm³/mol. The fraction of sp³-hybridized carbons (Fsp3) is 0.800. The summed E-state index contributed by atoms with van der Waals surface area (Å²) < 4.78 is 2.27. The highest BCUT2D eigenvalue weighted by atomic mass is 15.3.